The first-order chi connectivity index (χ1) is 20.8. The summed E-state index contributed by atoms with van der Waals surface area (Å²) < 4.78 is 19.2. The molecule has 0 radical (unpaired) electrons. The summed E-state index contributed by atoms with van der Waals surface area (Å²) in [6.45, 7) is 24.6. The Morgan fingerprint density at radius 3 is 2.27 bits per heavy atom. The Hall–Kier alpha value is -3.30. The van der Waals surface area contributed by atoms with Crippen LogP contribution in [-0.2, 0) is 11.2 Å². The van der Waals surface area contributed by atoms with Gasteiger partial charge in [0.1, 0.15) is 28.1 Å². The number of carbonyl (C=O) groups is 1. The third-order valence-electron chi connectivity index (χ3n) is 8.68. The van der Waals surface area contributed by atoms with Crippen LogP contribution in [-0.4, -0.2) is 90.4 Å². The molecule has 242 valence electrons. The highest BCUT2D eigenvalue weighted by Crippen LogP contribution is 2.43. The van der Waals surface area contributed by atoms with Crippen molar-refractivity contribution in [3.63, 3.8) is 0 Å². The van der Waals surface area contributed by atoms with Crippen LogP contribution in [0.3, 0.4) is 0 Å². The van der Waals surface area contributed by atoms with Crippen LogP contribution >= 0.6 is 0 Å². The van der Waals surface area contributed by atoms with Crippen LogP contribution in [0.2, 0.25) is 0 Å². The first-order valence-electron chi connectivity index (χ1n) is 16.2. The number of nitrogens with zero attached hydrogens (tertiary/aromatic N) is 3. The number of amides is 1. The highest BCUT2D eigenvalue weighted by Gasteiger charge is 2.45. The third-order valence-corrected chi connectivity index (χ3v) is 8.68. The molecule has 9 nitrogen and oxygen atoms in total. The average Bonchev–Trinajstić information content (AvgIpc) is 2.96. The van der Waals surface area contributed by atoms with E-state index in [4.69, 9.17) is 13.9 Å². The van der Waals surface area contributed by atoms with Gasteiger partial charge in [-0.3, -0.25) is 9.69 Å². The summed E-state index contributed by atoms with van der Waals surface area (Å²) in [7, 11) is 0. The van der Waals surface area contributed by atoms with Gasteiger partial charge in [-0.2, -0.15) is 0 Å². The van der Waals surface area contributed by atoms with E-state index in [1.54, 1.807) is 6.07 Å². The molecular formula is C35H52N4O5. The van der Waals surface area contributed by atoms with E-state index in [1.165, 1.54) is 0 Å². The highest BCUT2D eigenvalue weighted by atomic mass is 16.6. The predicted octanol–water partition coefficient (Wildman–Crippen LogP) is 6.36. The maximum Gasteiger partial charge on any atom is 0.410 e. The maximum absolute atomic E-state index is 14.0. The lowest BCUT2D eigenvalue weighted by molar-refractivity contribution is -0.0355. The molecule has 2 aromatic carbocycles. The van der Waals surface area contributed by atoms with Crippen LogP contribution < -0.4 is 15.5 Å². The maximum atomic E-state index is 14.0. The van der Waals surface area contributed by atoms with Crippen LogP contribution in [0, 0.1) is 0 Å². The molecule has 1 aromatic heterocycles. The molecule has 3 aromatic rings. The number of hydrogen-bond donors (Lipinski definition) is 1. The van der Waals surface area contributed by atoms with Gasteiger partial charge in [-0.25, -0.2) is 4.79 Å². The van der Waals surface area contributed by atoms with E-state index in [0.717, 1.165) is 38.3 Å². The number of likely N-dealkylation sites (N-methyl/N-ethyl adjacent to an activating group) is 2. The lowest BCUT2D eigenvalue weighted by Crippen LogP contribution is -2.59. The van der Waals surface area contributed by atoms with Crippen LogP contribution in [0.15, 0.2) is 39.5 Å². The minimum atomic E-state index is -0.740. The molecule has 4 rings (SSSR count). The SMILES string of the molecule is CCN(CC)CCNc1cc2c(c3oc4ccccc4c(=O)c13)CC(N(CCN(CC)CC)C(=O)OC(C)(C)C)C(C)(C)O2. The first kappa shape index (κ1) is 33.6. The number of para-hydroxylation sites is 1. The summed E-state index contributed by atoms with van der Waals surface area (Å²) in [4.78, 5) is 34.2. The van der Waals surface area contributed by atoms with E-state index < -0.39 is 11.2 Å². The standard InChI is InChI=1S/C35H52N4O5/c1-10-37(11-2)19-18-36-26-23-28-25(32-30(26)31(40)24-16-14-15-17-27(24)42-32)22-29(35(8,9)43-28)39(21-20-38(12-3)13-4)33(41)44-34(5,6)7/h14-17,23,29,36H,10-13,18-22H2,1-9H3. The molecule has 1 N–H and O–H groups in total. The first-order valence-corrected chi connectivity index (χ1v) is 16.2. The molecule has 1 unspecified atom stereocenters. The fourth-order valence-electron chi connectivity index (χ4n) is 6.07. The number of carbonyl (C=O) groups excluding carboxylic acids is 1. The Kier molecular flexibility index (Phi) is 10.5. The summed E-state index contributed by atoms with van der Waals surface area (Å²) in [5.41, 5.74) is 1.05. The molecule has 9 heteroatoms. The lowest BCUT2D eigenvalue weighted by atomic mass is 9.86. The smallest absolute Gasteiger partial charge is 0.410 e. The number of fused-ring (bicyclic) bond motifs is 4. The molecule has 0 bridgehead atoms. The Balaban J connectivity index is 1.84. The van der Waals surface area contributed by atoms with Crippen molar-refractivity contribution in [2.45, 2.75) is 86.0 Å². The number of hydrogen-bond acceptors (Lipinski definition) is 8. The molecule has 2 heterocycles. The van der Waals surface area contributed by atoms with E-state index in [-0.39, 0.29) is 17.6 Å². The Morgan fingerprint density at radius 1 is 1.00 bits per heavy atom. The second kappa shape index (κ2) is 13.8. The minimum Gasteiger partial charge on any atom is -0.485 e. The van der Waals surface area contributed by atoms with Gasteiger partial charge in [0.15, 0.2) is 0 Å². The van der Waals surface area contributed by atoms with Crippen molar-refractivity contribution >= 4 is 33.7 Å². The lowest BCUT2D eigenvalue weighted by Gasteiger charge is -2.46. The summed E-state index contributed by atoms with van der Waals surface area (Å²) >= 11 is 0. The van der Waals surface area contributed by atoms with Crippen molar-refractivity contribution in [2.24, 2.45) is 0 Å². The van der Waals surface area contributed by atoms with Gasteiger partial charge < -0.3 is 29.0 Å². The van der Waals surface area contributed by atoms with Crippen molar-refractivity contribution in [3.05, 3.63) is 46.1 Å². The molecule has 1 aliphatic rings. The van der Waals surface area contributed by atoms with E-state index in [2.05, 4.69) is 42.8 Å². The third kappa shape index (κ3) is 7.32. The quantitative estimate of drug-likeness (QED) is 0.238. The van der Waals surface area contributed by atoms with Gasteiger partial charge in [0, 0.05) is 44.2 Å². The Labute approximate surface area is 262 Å². The topological polar surface area (TPSA) is 87.5 Å². The van der Waals surface area contributed by atoms with Gasteiger partial charge in [-0.05, 0) is 72.9 Å². The molecule has 0 spiro atoms. The fraction of sp³-hybridized carbons (Fsp3) is 0.600. The molecule has 1 atom stereocenters. The van der Waals surface area contributed by atoms with Gasteiger partial charge >= 0.3 is 6.09 Å². The van der Waals surface area contributed by atoms with Gasteiger partial charge in [0.2, 0.25) is 5.43 Å². The summed E-state index contributed by atoms with van der Waals surface area (Å²) in [5, 5.41) is 4.57. The largest absolute Gasteiger partial charge is 0.485 e. The molecular weight excluding hydrogens is 556 g/mol. The predicted molar refractivity (Wildman–Crippen MR) is 179 cm³/mol. The molecule has 0 aliphatic carbocycles. The van der Waals surface area contributed by atoms with Crippen molar-refractivity contribution in [2.75, 3.05) is 57.7 Å². The zero-order valence-electron chi connectivity index (χ0n) is 28.2. The molecule has 44 heavy (non-hydrogen) atoms. The Bertz CT molecular complexity index is 1500. The van der Waals surface area contributed by atoms with Crippen molar-refractivity contribution in [1.82, 2.24) is 14.7 Å². The molecule has 1 amide bonds. The number of anilines is 1. The van der Waals surface area contributed by atoms with E-state index in [1.807, 2.05) is 63.8 Å². The average molecular weight is 609 g/mol. The number of ether oxygens (including phenoxy) is 2. The Morgan fingerprint density at radius 2 is 1.64 bits per heavy atom. The van der Waals surface area contributed by atoms with Crippen molar-refractivity contribution < 1.29 is 18.7 Å². The van der Waals surface area contributed by atoms with Crippen molar-refractivity contribution in [3.8, 4) is 5.75 Å². The highest BCUT2D eigenvalue weighted by molar-refractivity contribution is 6.00. The number of rotatable bonds is 12. The van der Waals surface area contributed by atoms with E-state index >= 15 is 0 Å². The fourth-order valence-corrected chi connectivity index (χ4v) is 6.07. The van der Waals surface area contributed by atoms with E-state index in [9.17, 15) is 9.59 Å². The zero-order valence-corrected chi connectivity index (χ0v) is 28.2. The minimum absolute atomic E-state index is 0.0816. The molecule has 0 saturated carbocycles. The zero-order chi connectivity index (χ0) is 32.2. The van der Waals surface area contributed by atoms with Gasteiger partial charge in [0.05, 0.1) is 22.5 Å². The van der Waals surface area contributed by atoms with Gasteiger partial charge in [0.25, 0.3) is 0 Å². The van der Waals surface area contributed by atoms with Gasteiger partial charge in [-0.15, -0.1) is 0 Å². The van der Waals surface area contributed by atoms with Crippen LogP contribution in [0.4, 0.5) is 10.5 Å². The van der Waals surface area contributed by atoms with Crippen LogP contribution in [0.1, 0.15) is 67.9 Å². The number of nitrogens with one attached hydrogen (secondary N) is 1. The second-order valence-electron chi connectivity index (χ2n) is 13.1. The summed E-state index contributed by atoms with van der Waals surface area (Å²) in [6, 6.07) is 8.94. The molecule has 0 saturated heterocycles. The summed E-state index contributed by atoms with van der Waals surface area (Å²) in [6.07, 6.45) is 0.0813. The molecule has 1 aliphatic heterocycles. The van der Waals surface area contributed by atoms with Crippen LogP contribution in [0.5, 0.6) is 5.75 Å². The van der Waals surface area contributed by atoms with Crippen LogP contribution in [0.25, 0.3) is 21.9 Å². The monoisotopic (exact) mass is 608 g/mol. The second-order valence-corrected chi connectivity index (χ2v) is 13.1. The summed E-state index contributed by atoms with van der Waals surface area (Å²) in [5.74, 6) is 0.662. The van der Waals surface area contributed by atoms with Crippen molar-refractivity contribution in [1.29, 1.82) is 0 Å². The molecule has 0 fully saturated rings. The van der Waals surface area contributed by atoms with E-state index in [0.29, 0.717) is 59.4 Å². The normalized spacial score (nSPS) is 16.3. The number of benzene rings is 2. The van der Waals surface area contributed by atoms with Gasteiger partial charge in [-0.1, -0.05) is 39.8 Å².